The lowest BCUT2D eigenvalue weighted by atomic mass is 10.1. The van der Waals surface area contributed by atoms with Crippen LogP contribution in [0.2, 0.25) is 5.15 Å². The fourth-order valence-electron chi connectivity index (χ4n) is 1.86. The summed E-state index contributed by atoms with van der Waals surface area (Å²) in [7, 11) is 0. The lowest BCUT2D eigenvalue weighted by Gasteiger charge is -2.11. The fraction of sp³-hybridized carbons (Fsp3) is 0.286. The summed E-state index contributed by atoms with van der Waals surface area (Å²) in [6, 6.07) is 3.38. The van der Waals surface area contributed by atoms with Gasteiger partial charge in [-0.25, -0.2) is 18.7 Å². The van der Waals surface area contributed by atoms with Gasteiger partial charge in [0.15, 0.2) is 0 Å². The van der Waals surface area contributed by atoms with Gasteiger partial charge in [0.1, 0.15) is 28.9 Å². The molecule has 6 heteroatoms. The van der Waals surface area contributed by atoms with Gasteiger partial charge >= 0.3 is 0 Å². The van der Waals surface area contributed by atoms with Gasteiger partial charge in [-0.3, -0.25) is 0 Å². The molecule has 1 aromatic carbocycles. The average Bonchev–Trinajstić information content (AvgIpc) is 2.38. The molecule has 1 aromatic heterocycles. The molecule has 106 valence electrons. The number of rotatable bonds is 5. The molecule has 0 saturated heterocycles. The van der Waals surface area contributed by atoms with E-state index in [1.807, 2.05) is 6.92 Å². The number of nitrogens with zero attached hydrogens (tertiary/aromatic N) is 2. The van der Waals surface area contributed by atoms with E-state index in [1.54, 1.807) is 0 Å². The summed E-state index contributed by atoms with van der Waals surface area (Å²) >= 11 is 6.06. The van der Waals surface area contributed by atoms with Crippen molar-refractivity contribution in [1.82, 2.24) is 9.97 Å². The maximum Gasteiger partial charge on any atom is 0.138 e. The van der Waals surface area contributed by atoms with Crippen LogP contribution in [0.3, 0.4) is 0 Å². The molecular weight excluding hydrogens is 284 g/mol. The van der Waals surface area contributed by atoms with Crippen LogP contribution < -0.4 is 5.32 Å². The largest absolute Gasteiger partial charge is 0.370 e. The molecule has 0 bridgehead atoms. The fourth-order valence-corrected chi connectivity index (χ4v) is 2.06. The molecule has 0 spiro atoms. The first kappa shape index (κ1) is 14.7. The van der Waals surface area contributed by atoms with Crippen LogP contribution in [-0.4, -0.2) is 16.5 Å². The van der Waals surface area contributed by atoms with E-state index in [9.17, 15) is 8.78 Å². The van der Waals surface area contributed by atoms with Gasteiger partial charge in [0.05, 0.1) is 0 Å². The van der Waals surface area contributed by atoms with Gasteiger partial charge in [0.25, 0.3) is 0 Å². The average molecular weight is 298 g/mol. The van der Waals surface area contributed by atoms with Crippen molar-refractivity contribution in [2.75, 3.05) is 11.9 Å². The van der Waals surface area contributed by atoms with E-state index in [0.29, 0.717) is 16.9 Å². The summed E-state index contributed by atoms with van der Waals surface area (Å²) in [4.78, 5) is 8.04. The SMILES string of the molecule is CCCNc1ncnc(Cl)c1Cc1cc(F)cc(F)c1. The smallest absolute Gasteiger partial charge is 0.138 e. The van der Waals surface area contributed by atoms with E-state index in [1.165, 1.54) is 18.5 Å². The number of nitrogens with one attached hydrogen (secondary N) is 1. The minimum atomic E-state index is -0.615. The Morgan fingerprint density at radius 3 is 2.50 bits per heavy atom. The normalized spacial score (nSPS) is 10.6. The molecule has 0 atom stereocenters. The standard InChI is InChI=1S/C14H14ClF2N3/c1-2-3-18-14-12(13(15)19-8-20-14)6-9-4-10(16)7-11(17)5-9/h4-5,7-8H,2-3,6H2,1H3,(H,18,19,20). The van der Waals surface area contributed by atoms with Crippen LogP contribution >= 0.6 is 11.6 Å². The minimum absolute atomic E-state index is 0.264. The highest BCUT2D eigenvalue weighted by atomic mass is 35.5. The Balaban J connectivity index is 2.31. The second-order valence-electron chi connectivity index (χ2n) is 4.37. The van der Waals surface area contributed by atoms with E-state index in [-0.39, 0.29) is 11.6 Å². The quantitative estimate of drug-likeness (QED) is 0.853. The number of halogens is 3. The van der Waals surface area contributed by atoms with Crippen molar-refractivity contribution in [3.05, 3.63) is 52.4 Å². The molecule has 0 amide bonds. The van der Waals surface area contributed by atoms with Crippen molar-refractivity contribution in [2.45, 2.75) is 19.8 Å². The van der Waals surface area contributed by atoms with Crippen LogP contribution in [0.25, 0.3) is 0 Å². The van der Waals surface area contributed by atoms with Crippen LogP contribution in [0, 0.1) is 11.6 Å². The maximum absolute atomic E-state index is 13.2. The summed E-state index contributed by atoms with van der Waals surface area (Å²) < 4.78 is 26.4. The topological polar surface area (TPSA) is 37.8 Å². The van der Waals surface area contributed by atoms with Crippen molar-refractivity contribution in [3.8, 4) is 0 Å². The van der Waals surface area contributed by atoms with E-state index < -0.39 is 11.6 Å². The zero-order valence-electron chi connectivity index (χ0n) is 11.0. The summed E-state index contributed by atoms with van der Waals surface area (Å²) in [6.07, 6.45) is 2.55. The van der Waals surface area contributed by atoms with Crippen LogP contribution in [0.1, 0.15) is 24.5 Å². The van der Waals surface area contributed by atoms with Gasteiger partial charge in [-0.1, -0.05) is 18.5 Å². The summed E-state index contributed by atoms with van der Waals surface area (Å²) in [5.74, 6) is -0.636. The van der Waals surface area contributed by atoms with Crippen LogP contribution in [0.5, 0.6) is 0 Å². The van der Waals surface area contributed by atoms with Gasteiger partial charge in [-0.2, -0.15) is 0 Å². The molecule has 0 aliphatic rings. The molecule has 1 N–H and O–H groups in total. The highest BCUT2D eigenvalue weighted by Crippen LogP contribution is 2.24. The van der Waals surface area contributed by atoms with Crippen LogP contribution in [0.4, 0.5) is 14.6 Å². The predicted molar refractivity (Wildman–Crippen MR) is 75.0 cm³/mol. The van der Waals surface area contributed by atoms with Gasteiger partial charge in [-0.15, -0.1) is 0 Å². The Hall–Kier alpha value is -1.75. The van der Waals surface area contributed by atoms with Crippen molar-refractivity contribution in [2.24, 2.45) is 0 Å². The number of hydrogen-bond acceptors (Lipinski definition) is 3. The number of benzene rings is 1. The molecule has 0 fully saturated rings. The van der Waals surface area contributed by atoms with E-state index in [2.05, 4.69) is 15.3 Å². The van der Waals surface area contributed by atoms with Gasteiger partial charge in [0, 0.05) is 24.6 Å². The predicted octanol–water partition coefficient (Wildman–Crippen LogP) is 3.82. The second-order valence-corrected chi connectivity index (χ2v) is 4.73. The molecule has 2 aromatic rings. The minimum Gasteiger partial charge on any atom is -0.370 e. The Kier molecular flexibility index (Phi) is 4.84. The first-order valence-electron chi connectivity index (χ1n) is 6.28. The van der Waals surface area contributed by atoms with Crippen LogP contribution in [0.15, 0.2) is 24.5 Å². The molecule has 3 nitrogen and oxygen atoms in total. The highest BCUT2D eigenvalue weighted by Gasteiger charge is 2.11. The molecule has 1 heterocycles. The molecule has 0 unspecified atom stereocenters. The van der Waals surface area contributed by atoms with Crippen molar-refractivity contribution < 1.29 is 8.78 Å². The Bertz CT molecular complexity index is 585. The Morgan fingerprint density at radius 1 is 1.15 bits per heavy atom. The highest BCUT2D eigenvalue weighted by molar-refractivity contribution is 6.30. The lowest BCUT2D eigenvalue weighted by molar-refractivity contribution is 0.580. The van der Waals surface area contributed by atoms with Gasteiger partial charge in [0.2, 0.25) is 0 Å². The molecule has 0 saturated carbocycles. The molecule has 0 aliphatic carbocycles. The zero-order chi connectivity index (χ0) is 14.5. The third kappa shape index (κ3) is 3.63. The van der Waals surface area contributed by atoms with Gasteiger partial charge < -0.3 is 5.32 Å². The zero-order valence-corrected chi connectivity index (χ0v) is 11.7. The number of anilines is 1. The number of aromatic nitrogens is 2. The molecular formula is C14H14ClF2N3. The van der Waals surface area contributed by atoms with Crippen LogP contribution in [-0.2, 0) is 6.42 Å². The molecule has 0 radical (unpaired) electrons. The lowest BCUT2D eigenvalue weighted by Crippen LogP contribution is -2.07. The molecule has 20 heavy (non-hydrogen) atoms. The monoisotopic (exact) mass is 297 g/mol. The summed E-state index contributed by atoms with van der Waals surface area (Å²) in [6.45, 7) is 2.76. The van der Waals surface area contributed by atoms with E-state index in [0.717, 1.165) is 19.0 Å². The van der Waals surface area contributed by atoms with Crippen molar-refractivity contribution in [1.29, 1.82) is 0 Å². The maximum atomic E-state index is 13.2. The first-order chi connectivity index (χ1) is 9.60. The Labute approximate surface area is 121 Å². The Morgan fingerprint density at radius 2 is 1.85 bits per heavy atom. The molecule has 2 rings (SSSR count). The van der Waals surface area contributed by atoms with Crippen molar-refractivity contribution in [3.63, 3.8) is 0 Å². The van der Waals surface area contributed by atoms with E-state index >= 15 is 0 Å². The van der Waals surface area contributed by atoms with Crippen molar-refractivity contribution >= 4 is 17.4 Å². The summed E-state index contributed by atoms with van der Waals surface area (Å²) in [5.41, 5.74) is 1.12. The first-order valence-corrected chi connectivity index (χ1v) is 6.66. The number of hydrogen-bond donors (Lipinski definition) is 1. The third-order valence-electron chi connectivity index (χ3n) is 2.74. The second kappa shape index (κ2) is 6.61. The van der Waals surface area contributed by atoms with Gasteiger partial charge in [-0.05, 0) is 24.1 Å². The van der Waals surface area contributed by atoms with E-state index in [4.69, 9.17) is 11.6 Å². The summed E-state index contributed by atoms with van der Waals surface area (Å²) in [5, 5.41) is 3.41. The molecule has 0 aliphatic heterocycles. The third-order valence-corrected chi connectivity index (χ3v) is 3.06.